The van der Waals surface area contributed by atoms with Crippen LogP contribution in [-0.2, 0) is 10.8 Å². The Hall–Kier alpha value is -7.04. The van der Waals surface area contributed by atoms with E-state index in [0.717, 1.165) is 66.9 Å². The zero-order valence-corrected chi connectivity index (χ0v) is 36.0. The Labute approximate surface area is 374 Å². The van der Waals surface area contributed by atoms with E-state index in [-0.39, 0.29) is 27.7 Å². The van der Waals surface area contributed by atoms with Gasteiger partial charge in [0.2, 0.25) is 0 Å². The van der Waals surface area contributed by atoms with Gasteiger partial charge in [0.15, 0.2) is 0 Å². The Balaban J connectivity index is 1.26. The molecule has 0 spiro atoms. The van der Waals surface area contributed by atoms with E-state index in [9.17, 15) is 5.11 Å². The Morgan fingerprint density at radius 1 is 0.532 bits per heavy atom. The van der Waals surface area contributed by atoms with E-state index in [4.69, 9.17) is 18.2 Å². The van der Waals surface area contributed by atoms with Crippen molar-refractivity contribution in [3.63, 3.8) is 0 Å². The highest BCUT2D eigenvalue weighted by Crippen LogP contribution is 2.44. The first kappa shape index (κ1) is 33.7. The van der Waals surface area contributed by atoms with Crippen LogP contribution in [0.5, 0.6) is 5.75 Å². The molecular formula is C58H53N3O. The number of phenols is 1. The SMILES string of the molecule is [2H]C([2H])([2H])c1ccc(-c2ccnc(-c3cc(-c4cccc5c4nc(-c4ccccc4O)n5-c4ccc(-c5c(-c6ccccc6)cccc5C(C)(C)C)cc4C([2H])([2H])[2H])cc(C(C)(C)C)c3)c2)cc1. The maximum atomic E-state index is 11.5. The quantitative estimate of drug-likeness (QED) is 0.174. The fraction of sp³-hybridized carbons (Fsp3) is 0.172. The molecule has 62 heavy (non-hydrogen) atoms. The van der Waals surface area contributed by atoms with Crippen molar-refractivity contribution in [1.29, 1.82) is 0 Å². The summed E-state index contributed by atoms with van der Waals surface area (Å²) < 4.78 is 52.6. The standard InChI is InChI=1S/C58H53N3O/c1-37-24-26-39(27-25-37)41-30-31-59-50(36-41)44-33-43(34-45(35-44)57(3,4)5)47-20-15-22-52-55(47)60-56(48-18-12-13-23-53(48)62)61(52)51-29-28-42(32-38(51)2)54-46(40-16-10-9-11-17-40)19-14-21-49(54)58(6,7)8/h9-36,62H,1-8H3/i1D3,2D3. The third-order valence-electron chi connectivity index (χ3n) is 11.7. The topological polar surface area (TPSA) is 50.9 Å². The minimum absolute atomic E-state index is 0.0142. The van der Waals surface area contributed by atoms with Crippen molar-refractivity contribution in [3.05, 3.63) is 192 Å². The molecule has 0 saturated heterocycles. The molecule has 4 nitrogen and oxygen atoms in total. The number of imidazole rings is 1. The maximum absolute atomic E-state index is 11.5. The fourth-order valence-corrected chi connectivity index (χ4v) is 8.45. The van der Waals surface area contributed by atoms with Crippen molar-refractivity contribution in [3.8, 4) is 78.6 Å². The van der Waals surface area contributed by atoms with Gasteiger partial charge in [-0.15, -0.1) is 0 Å². The van der Waals surface area contributed by atoms with Crippen LogP contribution in [0.4, 0.5) is 0 Å². The van der Waals surface area contributed by atoms with Gasteiger partial charge in [-0.1, -0.05) is 156 Å². The van der Waals surface area contributed by atoms with E-state index in [1.807, 2.05) is 89.5 Å². The van der Waals surface area contributed by atoms with Crippen LogP contribution in [0.25, 0.3) is 83.9 Å². The van der Waals surface area contributed by atoms with Crippen LogP contribution in [0.3, 0.4) is 0 Å². The van der Waals surface area contributed by atoms with Crippen LogP contribution in [0.2, 0.25) is 0 Å². The lowest BCUT2D eigenvalue weighted by Gasteiger charge is -2.26. The molecule has 0 aliphatic rings. The normalized spacial score (nSPS) is 13.8. The van der Waals surface area contributed by atoms with Gasteiger partial charge >= 0.3 is 0 Å². The van der Waals surface area contributed by atoms with E-state index in [1.165, 1.54) is 0 Å². The molecule has 9 rings (SSSR count). The molecule has 0 unspecified atom stereocenters. The minimum atomic E-state index is -2.55. The summed E-state index contributed by atoms with van der Waals surface area (Å²) in [5, 5.41) is 11.5. The van der Waals surface area contributed by atoms with Gasteiger partial charge in [0.1, 0.15) is 11.6 Å². The van der Waals surface area contributed by atoms with E-state index in [0.29, 0.717) is 28.1 Å². The van der Waals surface area contributed by atoms with Gasteiger partial charge < -0.3 is 5.11 Å². The predicted molar refractivity (Wildman–Crippen MR) is 260 cm³/mol. The van der Waals surface area contributed by atoms with Gasteiger partial charge in [-0.2, -0.15) is 0 Å². The van der Waals surface area contributed by atoms with Gasteiger partial charge in [-0.25, -0.2) is 4.98 Å². The molecular weight excluding hydrogens is 755 g/mol. The van der Waals surface area contributed by atoms with E-state index >= 15 is 0 Å². The van der Waals surface area contributed by atoms with Crippen molar-refractivity contribution in [1.82, 2.24) is 14.5 Å². The fourth-order valence-electron chi connectivity index (χ4n) is 8.45. The first-order valence-electron chi connectivity index (χ1n) is 24.0. The van der Waals surface area contributed by atoms with Crippen molar-refractivity contribution in [2.24, 2.45) is 0 Å². The number of fused-ring (bicyclic) bond motifs is 1. The second-order valence-corrected chi connectivity index (χ2v) is 18.1. The Kier molecular flexibility index (Phi) is 8.56. The Bertz CT molecular complexity index is 3340. The van der Waals surface area contributed by atoms with Crippen molar-refractivity contribution in [2.45, 2.75) is 66.1 Å². The summed E-state index contributed by atoms with van der Waals surface area (Å²) in [6.07, 6.45) is 1.77. The summed E-state index contributed by atoms with van der Waals surface area (Å²) in [6.45, 7) is 8.28. The van der Waals surface area contributed by atoms with Gasteiger partial charge in [-0.05, 0) is 135 Å². The molecule has 0 aliphatic heterocycles. The summed E-state index contributed by atoms with van der Waals surface area (Å²) in [4.78, 5) is 10.2. The number of aromatic hydroxyl groups is 1. The second-order valence-electron chi connectivity index (χ2n) is 18.1. The lowest BCUT2D eigenvalue weighted by molar-refractivity contribution is 0.477. The Morgan fingerprint density at radius 2 is 1.24 bits per heavy atom. The second kappa shape index (κ2) is 15.8. The minimum Gasteiger partial charge on any atom is -0.507 e. The number of rotatable bonds is 7. The monoisotopic (exact) mass is 813 g/mol. The zero-order valence-electron chi connectivity index (χ0n) is 42.0. The largest absolute Gasteiger partial charge is 0.507 e. The average molecular weight is 814 g/mol. The number of nitrogens with zero attached hydrogens (tertiary/aromatic N) is 3. The van der Waals surface area contributed by atoms with E-state index in [1.54, 1.807) is 36.5 Å². The molecule has 0 fully saturated rings. The maximum Gasteiger partial charge on any atom is 0.149 e. The molecule has 1 N–H and O–H groups in total. The van der Waals surface area contributed by atoms with Crippen LogP contribution in [-0.4, -0.2) is 19.6 Å². The van der Waals surface area contributed by atoms with E-state index in [2.05, 4.69) is 90.1 Å². The summed E-state index contributed by atoms with van der Waals surface area (Å²) >= 11 is 0. The summed E-state index contributed by atoms with van der Waals surface area (Å²) in [6, 6.07) is 52.4. The van der Waals surface area contributed by atoms with Gasteiger partial charge in [-0.3, -0.25) is 9.55 Å². The van der Waals surface area contributed by atoms with Crippen LogP contribution < -0.4 is 0 Å². The highest BCUT2D eigenvalue weighted by molar-refractivity contribution is 5.97. The molecule has 0 amide bonds. The number of hydrogen-bond donors (Lipinski definition) is 1. The summed E-state index contributed by atoms with van der Waals surface area (Å²) in [7, 11) is 0. The predicted octanol–water partition coefficient (Wildman–Crippen LogP) is 15.3. The van der Waals surface area contributed by atoms with Crippen LogP contribution in [0, 0.1) is 13.7 Å². The van der Waals surface area contributed by atoms with Crippen molar-refractivity contribution in [2.75, 3.05) is 0 Å². The molecule has 4 heteroatoms. The number of pyridine rings is 1. The van der Waals surface area contributed by atoms with Crippen LogP contribution >= 0.6 is 0 Å². The number of aryl methyl sites for hydroxylation is 2. The lowest BCUT2D eigenvalue weighted by atomic mass is 9.78. The summed E-state index contributed by atoms with van der Waals surface area (Å²) in [5.41, 5.74) is 13.2. The van der Waals surface area contributed by atoms with Crippen molar-refractivity contribution >= 4 is 11.0 Å². The first-order valence-corrected chi connectivity index (χ1v) is 21.0. The number of phenolic OH excluding ortho intramolecular Hbond substituents is 1. The molecule has 2 aromatic heterocycles. The highest BCUT2D eigenvalue weighted by atomic mass is 16.3. The molecule has 0 saturated carbocycles. The number of para-hydroxylation sites is 2. The number of aromatic nitrogens is 3. The molecule has 0 radical (unpaired) electrons. The summed E-state index contributed by atoms with van der Waals surface area (Å²) in [5.74, 6) is 0.412. The highest BCUT2D eigenvalue weighted by Gasteiger charge is 2.25. The number of benzene rings is 7. The van der Waals surface area contributed by atoms with Crippen LogP contribution in [0.15, 0.2) is 170 Å². The molecule has 306 valence electrons. The van der Waals surface area contributed by atoms with Gasteiger partial charge in [0.25, 0.3) is 0 Å². The zero-order chi connectivity index (χ0) is 48.3. The molecule has 7 aromatic carbocycles. The van der Waals surface area contributed by atoms with Gasteiger partial charge in [0, 0.05) is 25.5 Å². The molecule has 2 heterocycles. The van der Waals surface area contributed by atoms with Crippen LogP contribution in [0.1, 0.15) is 72.0 Å². The molecule has 9 aromatic rings. The molecule has 0 aliphatic carbocycles. The third kappa shape index (κ3) is 7.62. The van der Waals surface area contributed by atoms with E-state index < -0.39 is 13.7 Å². The molecule has 0 bridgehead atoms. The molecule has 0 atom stereocenters. The Morgan fingerprint density at radius 3 is 1.98 bits per heavy atom. The van der Waals surface area contributed by atoms with Gasteiger partial charge in [0.05, 0.1) is 28.0 Å². The lowest BCUT2D eigenvalue weighted by Crippen LogP contribution is -2.13. The number of hydrogen-bond acceptors (Lipinski definition) is 3. The smallest absolute Gasteiger partial charge is 0.149 e. The van der Waals surface area contributed by atoms with Crippen molar-refractivity contribution < 1.29 is 13.3 Å². The average Bonchev–Trinajstić information content (AvgIpc) is 3.70. The first-order chi connectivity index (χ1) is 32.2. The third-order valence-corrected chi connectivity index (χ3v) is 11.7.